The van der Waals surface area contributed by atoms with Gasteiger partial charge in [0.05, 0.1) is 5.69 Å². The molecule has 0 aliphatic heterocycles. The molecule has 1 aromatic rings. The van der Waals surface area contributed by atoms with Crippen LogP contribution in [0.4, 0.5) is 5.69 Å². The molecule has 1 fully saturated rings. The summed E-state index contributed by atoms with van der Waals surface area (Å²) in [5.74, 6) is 0. The van der Waals surface area contributed by atoms with E-state index in [9.17, 15) is 0 Å². The topological polar surface area (TPSA) is 36.1 Å². The zero-order valence-corrected chi connectivity index (χ0v) is 11.8. The van der Waals surface area contributed by atoms with Gasteiger partial charge >= 0.3 is 0 Å². The first-order chi connectivity index (χ1) is 8.74. The monoisotopic (exact) mass is 283 g/mol. The van der Waals surface area contributed by atoms with Gasteiger partial charge in [0.2, 0.25) is 0 Å². The van der Waals surface area contributed by atoms with Crippen molar-refractivity contribution in [2.24, 2.45) is 0 Å². The van der Waals surface area contributed by atoms with Crippen molar-refractivity contribution in [1.29, 1.82) is 0 Å². The highest BCUT2D eigenvalue weighted by Crippen LogP contribution is 2.17. The minimum atomic E-state index is 0.519. The second-order valence-corrected chi connectivity index (χ2v) is 5.41. The molecule has 5 heteroatoms. The summed E-state index contributed by atoms with van der Waals surface area (Å²) in [7, 11) is 0. The molecule has 0 radical (unpaired) electrons. The molecule has 1 aliphatic carbocycles. The molecule has 0 heterocycles. The number of hydrogen-bond acceptors (Lipinski definition) is 2. The highest BCUT2D eigenvalue weighted by Gasteiger charge is 2.13. The zero-order chi connectivity index (χ0) is 12.8. The Morgan fingerprint density at radius 1 is 1.11 bits per heavy atom. The van der Waals surface area contributed by atoms with Crippen LogP contribution < -0.4 is 16.2 Å². The third kappa shape index (κ3) is 4.35. The van der Waals surface area contributed by atoms with Crippen LogP contribution in [0.15, 0.2) is 24.3 Å². The van der Waals surface area contributed by atoms with Gasteiger partial charge in [-0.05, 0) is 49.3 Å². The van der Waals surface area contributed by atoms with Crippen LogP contribution in [-0.4, -0.2) is 11.2 Å². The maximum atomic E-state index is 5.82. The number of hydrogen-bond donors (Lipinski definition) is 3. The number of hydrazine groups is 1. The van der Waals surface area contributed by atoms with E-state index in [1.165, 1.54) is 32.1 Å². The Morgan fingerprint density at radius 2 is 1.78 bits per heavy atom. The predicted molar refractivity (Wildman–Crippen MR) is 80.8 cm³/mol. The SMILES string of the molecule is S=C(NNc1ccc(Cl)cc1)NC1CCCCC1. The second kappa shape index (κ2) is 6.81. The van der Waals surface area contributed by atoms with Gasteiger partial charge in [-0.3, -0.25) is 10.9 Å². The van der Waals surface area contributed by atoms with Crippen LogP contribution in [0.1, 0.15) is 32.1 Å². The lowest BCUT2D eigenvalue weighted by atomic mass is 9.96. The third-order valence-electron chi connectivity index (χ3n) is 3.10. The first-order valence-electron chi connectivity index (χ1n) is 6.32. The van der Waals surface area contributed by atoms with Crippen LogP contribution in [0.25, 0.3) is 0 Å². The lowest BCUT2D eigenvalue weighted by Gasteiger charge is -2.24. The zero-order valence-electron chi connectivity index (χ0n) is 10.2. The van der Waals surface area contributed by atoms with Crippen LogP contribution in [-0.2, 0) is 0 Å². The van der Waals surface area contributed by atoms with E-state index in [1.54, 1.807) is 0 Å². The van der Waals surface area contributed by atoms with E-state index < -0.39 is 0 Å². The summed E-state index contributed by atoms with van der Waals surface area (Å²) >= 11 is 11.1. The molecule has 18 heavy (non-hydrogen) atoms. The molecule has 2 rings (SSSR count). The Bertz CT molecular complexity index is 388. The molecule has 3 N–H and O–H groups in total. The lowest BCUT2D eigenvalue weighted by Crippen LogP contribution is -2.44. The fourth-order valence-corrected chi connectivity index (χ4v) is 2.47. The van der Waals surface area contributed by atoms with Crippen molar-refractivity contribution < 1.29 is 0 Å². The van der Waals surface area contributed by atoms with E-state index in [-0.39, 0.29) is 0 Å². The number of thiocarbonyl (C=S) groups is 1. The molecule has 98 valence electrons. The molecule has 1 aliphatic rings. The van der Waals surface area contributed by atoms with Gasteiger partial charge in [-0.15, -0.1) is 0 Å². The van der Waals surface area contributed by atoms with Crippen molar-refractivity contribution >= 4 is 34.6 Å². The maximum Gasteiger partial charge on any atom is 0.185 e. The normalized spacial score (nSPS) is 16.1. The summed E-state index contributed by atoms with van der Waals surface area (Å²) in [6.07, 6.45) is 6.36. The van der Waals surface area contributed by atoms with Gasteiger partial charge in [-0.2, -0.15) is 0 Å². The van der Waals surface area contributed by atoms with E-state index >= 15 is 0 Å². The van der Waals surface area contributed by atoms with Crippen LogP contribution in [0, 0.1) is 0 Å². The van der Waals surface area contributed by atoms with Crippen molar-refractivity contribution in [3.8, 4) is 0 Å². The fraction of sp³-hybridized carbons (Fsp3) is 0.462. The van der Waals surface area contributed by atoms with E-state index in [0.717, 1.165) is 10.7 Å². The first kappa shape index (κ1) is 13.4. The van der Waals surface area contributed by atoms with E-state index in [1.807, 2.05) is 24.3 Å². The number of anilines is 1. The Balaban J connectivity index is 1.72. The first-order valence-corrected chi connectivity index (χ1v) is 7.11. The number of benzene rings is 1. The summed E-state index contributed by atoms with van der Waals surface area (Å²) in [5.41, 5.74) is 6.98. The highest BCUT2D eigenvalue weighted by atomic mass is 35.5. The second-order valence-electron chi connectivity index (χ2n) is 4.57. The fourth-order valence-electron chi connectivity index (χ4n) is 2.13. The molecule has 0 bridgehead atoms. The number of rotatable bonds is 3. The van der Waals surface area contributed by atoms with Crippen LogP contribution in [0.5, 0.6) is 0 Å². The smallest absolute Gasteiger partial charge is 0.185 e. The third-order valence-corrected chi connectivity index (χ3v) is 3.58. The van der Waals surface area contributed by atoms with E-state index in [0.29, 0.717) is 11.2 Å². The van der Waals surface area contributed by atoms with Crippen LogP contribution >= 0.6 is 23.8 Å². The van der Waals surface area contributed by atoms with Gasteiger partial charge in [0.1, 0.15) is 0 Å². The highest BCUT2D eigenvalue weighted by molar-refractivity contribution is 7.80. The molecule has 0 spiro atoms. The largest absolute Gasteiger partial charge is 0.359 e. The molecular formula is C13H18ClN3S. The molecule has 1 saturated carbocycles. The standard InChI is InChI=1S/C13H18ClN3S/c14-10-6-8-12(9-7-10)16-17-13(18)15-11-4-2-1-3-5-11/h6-9,11,16H,1-5H2,(H2,15,17,18). The molecule has 0 amide bonds. The Labute approximate surface area is 118 Å². The van der Waals surface area contributed by atoms with Gasteiger partial charge in [0.15, 0.2) is 5.11 Å². The summed E-state index contributed by atoms with van der Waals surface area (Å²) in [6, 6.07) is 7.99. The van der Waals surface area contributed by atoms with E-state index in [4.69, 9.17) is 23.8 Å². The van der Waals surface area contributed by atoms with E-state index in [2.05, 4.69) is 16.2 Å². The van der Waals surface area contributed by atoms with Crippen molar-refractivity contribution in [2.75, 3.05) is 5.43 Å². The van der Waals surface area contributed by atoms with Crippen molar-refractivity contribution in [2.45, 2.75) is 38.1 Å². The van der Waals surface area contributed by atoms with Gasteiger partial charge < -0.3 is 5.32 Å². The van der Waals surface area contributed by atoms with Crippen molar-refractivity contribution in [3.05, 3.63) is 29.3 Å². The minimum absolute atomic E-state index is 0.519. The minimum Gasteiger partial charge on any atom is -0.359 e. The molecule has 0 atom stereocenters. The van der Waals surface area contributed by atoms with Crippen molar-refractivity contribution in [3.63, 3.8) is 0 Å². The summed E-state index contributed by atoms with van der Waals surface area (Å²) < 4.78 is 0. The molecule has 0 saturated heterocycles. The molecule has 0 aromatic heterocycles. The molecular weight excluding hydrogens is 266 g/mol. The Kier molecular flexibility index (Phi) is 5.08. The van der Waals surface area contributed by atoms with Gasteiger partial charge in [-0.25, -0.2) is 0 Å². The average Bonchev–Trinajstić information content (AvgIpc) is 2.39. The van der Waals surface area contributed by atoms with Gasteiger partial charge in [0, 0.05) is 11.1 Å². The van der Waals surface area contributed by atoms with Gasteiger partial charge in [0.25, 0.3) is 0 Å². The summed E-state index contributed by atoms with van der Waals surface area (Å²) in [6.45, 7) is 0. The van der Waals surface area contributed by atoms with Gasteiger partial charge in [-0.1, -0.05) is 30.9 Å². The quantitative estimate of drug-likeness (QED) is 0.586. The van der Waals surface area contributed by atoms with Crippen LogP contribution in [0.2, 0.25) is 5.02 Å². The lowest BCUT2D eigenvalue weighted by molar-refractivity contribution is 0.412. The Hall–Kier alpha value is -1.00. The Morgan fingerprint density at radius 3 is 2.44 bits per heavy atom. The van der Waals surface area contributed by atoms with Crippen LogP contribution in [0.3, 0.4) is 0 Å². The maximum absolute atomic E-state index is 5.82. The van der Waals surface area contributed by atoms with Crippen molar-refractivity contribution in [1.82, 2.24) is 10.7 Å². The predicted octanol–water partition coefficient (Wildman–Crippen LogP) is 3.46. The molecule has 0 unspecified atom stereocenters. The summed E-state index contributed by atoms with van der Waals surface area (Å²) in [4.78, 5) is 0. The molecule has 3 nitrogen and oxygen atoms in total. The molecule has 1 aromatic carbocycles. The number of halogens is 1. The summed E-state index contributed by atoms with van der Waals surface area (Å²) in [5, 5.41) is 4.71. The number of nitrogens with one attached hydrogen (secondary N) is 3. The average molecular weight is 284 g/mol.